The molecule has 0 aliphatic heterocycles. The maximum Gasteiger partial charge on any atom is 0.129 e. The van der Waals surface area contributed by atoms with E-state index in [4.69, 9.17) is 0 Å². The van der Waals surface area contributed by atoms with Gasteiger partial charge in [0.1, 0.15) is 5.78 Å². The van der Waals surface area contributed by atoms with Gasteiger partial charge in [0.05, 0.1) is 6.10 Å². The summed E-state index contributed by atoms with van der Waals surface area (Å²) in [4.78, 5) is 10.8. The lowest BCUT2D eigenvalue weighted by Crippen LogP contribution is -2.21. The minimum absolute atomic E-state index is 0.193. The predicted octanol–water partition coefficient (Wildman–Crippen LogP) is 3.55. The van der Waals surface area contributed by atoms with Crippen LogP contribution < -0.4 is 0 Å². The maximum absolute atomic E-state index is 10.8. The quantitative estimate of drug-likeness (QED) is 0.531. The molecule has 0 radical (unpaired) electrons. The zero-order chi connectivity index (χ0) is 13.5. The van der Waals surface area contributed by atoms with Gasteiger partial charge in [-0.25, -0.2) is 0 Å². The van der Waals surface area contributed by atoms with Gasteiger partial charge in [-0.1, -0.05) is 26.2 Å². The van der Waals surface area contributed by atoms with Crippen molar-refractivity contribution in [3.8, 4) is 0 Å². The first-order valence-electron chi connectivity index (χ1n) is 6.30. The Bertz CT molecular complexity index is 296. The molecule has 0 saturated carbocycles. The average Bonchev–Trinajstić information content (AvgIpc) is 2.13. The fourth-order valence-corrected chi connectivity index (χ4v) is 3.37. The Morgan fingerprint density at radius 3 is 2.41 bits per heavy atom. The lowest BCUT2D eigenvalue weighted by Gasteiger charge is -2.19. The fraction of sp³-hybridized carbons (Fsp3) is 0.714. The number of hydrogen-bond acceptors (Lipinski definition) is 2. The van der Waals surface area contributed by atoms with E-state index in [0.29, 0.717) is 19.3 Å². The van der Waals surface area contributed by atoms with Crippen molar-refractivity contribution in [3.63, 3.8) is 0 Å². The number of aliphatic hydroxyl groups is 1. The SMILES string of the molecule is C=C=C(CC(O)CCCC(C)=O)C[Si](C)(C)C. The topological polar surface area (TPSA) is 37.3 Å². The molecular weight excluding hydrogens is 228 g/mol. The minimum Gasteiger partial charge on any atom is -0.393 e. The Morgan fingerprint density at radius 2 is 2.00 bits per heavy atom. The van der Waals surface area contributed by atoms with Crippen molar-refractivity contribution in [3.05, 3.63) is 17.9 Å². The normalized spacial score (nSPS) is 13.0. The zero-order valence-corrected chi connectivity index (χ0v) is 12.7. The molecule has 1 unspecified atom stereocenters. The standard InChI is InChI=1S/C14H26O2Si/c1-6-13(11-17(3,4)5)10-14(16)9-7-8-12(2)15/h14,16H,1,7-11H2,2-5H3. The smallest absolute Gasteiger partial charge is 0.129 e. The van der Waals surface area contributed by atoms with Crippen LogP contribution in [0.1, 0.15) is 32.6 Å². The predicted molar refractivity (Wildman–Crippen MR) is 76.0 cm³/mol. The van der Waals surface area contributed by atoms with E-state index in [9.17, 15) is 9.90 Å². The molecule has 0 heterocycles. The van der Waals surface area contributed by atoms with Crippen LogP contribution in [0.4, 0.5) is 0 Å². The highest BCUT2D eigenvalue weighted by Gasteiger charge is 2.17. The van der Waals surface area contributed by atoms with Crippen molar-refractivity contribution in [1.29, 1.82) is 0 Å². The summed E-state index contributed by atoms with van der Waals surface area (Å²) in [6.07, 6.45) is 2.34. The third kappa shape index (κ3) is 10.2. The lowest BCUT2D eigenvalue weighted by molar-refractivity contribution is -0.117. The first-order chi connectivity index (χ1) is 7.74. The first kappa shape index (κ1) is 16.4. The van der Waals surface area contributed by atoms with Gasteiger partial charge in [-0.3, -0.25) is 0 Å². The Morgan fingerprint density at radius 1 is 1.41 bits per heavy atom. The number of ketones is 1. The summed E-state index contributed by atoms with van der Waals surface area (Å²) in [5.74, 6) is 0.193. The molecule has 0 aliphatic rings. The highest BCUT2D eigenvalue weighted by atomic mass is 28.3. The molecular formula is C14H26O2Si. The number of Topliss-reactive ketones (excluding diaryl/α,β-unsaturated/α-hetero) is 1. The molecule has 0 bridgehead atoms. The summed E-state index contributed by atoms with van der Waals surface area (Å²) < 4.78 is 0. The maximum atomic E-state index is 10.8. The fourth-order valence-electron chi connectivity index (χ4n) is 1.82. The summed E-state index contributed by atoms with van der Waals surface area (Å²) in [6.45, 7) is 12.2. The Labute approximate surface area is 106 Å². The second kappa shape index (κ2) is 7.65. The molecule has 0 aromatic carbocycles. The largest absolute Gasteiger partial charge is 0.393 e. The highest BCUT2D eigenvalue weighted by molar-refractivity contribution is 6.76. The third-order valence-corrected chi connectivity index (χ3v) is 4.03. The monoisotopic (exact) mass is 254 g/mol. The van der Waals surface area contributed by atoms with Crippen LogP contribution in [0.5, 0.6) is 0 Å². The van der Waals surface area contributed by atoms with Crippen LogP contribution in [0.15, 0.2) is 17.9 Å². The number of carbonyl (C=O) groups excluding carboxylic acids is 1. The van der Waals surface area contributed by atoms with Gasteiger partial charge in [0.15, 0.2) is 0 Å². The number of hydrogen-bond donors (Lipinski definition) is 1. The molecule has 0 rings (SSSR count). The van der Waals surface area contributed by atoms with Crippen molar-refractivity contribution >= 4 is 13.9 Å². The van der Waals surface area contributed by atoms with E-state index in [-0.39, 0.29) is 11.9 Å². The molecule has 0 amide bonds. The van der Waals surface area contributed by atoms with Gasteiger partial charge < -0.3 is 9.90 Å². The van der Waals surface area contributed by atoms with Gasteiger partial charge >= 0.3 is 0 Å². The molecule has 3 heteroatoms. The molecule has 2 nitrogen and oxygen atoms in total. The van der Waals surface area contributed by atoms with Crippen LogP contribution in [0.2, 0.25) is 25.7 Å². The Balaban J connectivity index is 4.04. The second-order valence-electron chi connectivity index (χ2n) is 5.97. The number of rotatable bonds is 8. The second-order valence-corrected chi connectivity index (χ2v) is 11.4. The van der Waals surface area contributed by atoms with Gasteiger partial charge in [-0.15, -0.1) is 5.73 Å². The van der Waals surface area contributed by atoms with E-state index in [0.717, 1.165) is 18.0 Å². The van der Waals surface area contributed by atoms with Crippen molar-refractivity contribution in [2.45, 2.75) is 64.4 Å². The van der Waals surface area contributed by atoms with Crippen LogP contribution in [0.25, 0.3) is 0 Å². The van der Waals surface area contributed by atoms with Crippen molar-refractivity contribution in [1.82, 2.24) is 0 Å². The van der Waals surface area contributed by atoms with E-state index >= 15 is 0 Å². The summed E-state index contributed by atoms with van der Waals surface area (Å²) in [6, 6.07) is 1.04. The lowest BCUT2D eigenvalue weighted by atomic mass is 10.0. The third-order valence-electron chi connectivity index (χ3n) is 2.54. The Hall–Kier alpha value is -0.633. The van der Waals surface area contributed by atoms with Crippen molar-refractivity contribution < 1.29 is 9.90 Å². The molecule has 17 heavy (non-hydrogen) atoms. The average molecular weight is 254 g/mol. The first-order valence-corrected chi connectivity index (χ1v) is 10.0. The van der Waals surface area contributed by atoms with E-state index < -0.39 is 8.07 Å². The molecule has 1 atom stereocenters. The van der Waals surface area contributed by atoms with Gasteiger partial charge in [0.2, 0.25) is 0 Å². The summed E-state index contributed by atoms with van der Waals surface area (Å²) in [7, 11) is -1.16. The van der Waals surface area contributed by atoms with E-state index in [2.05, 4.69) is 32.0 Å². The zero-order valence-electron chi connectivity index (χ0n) is 11.7. The molecule has 0 aromatic rings. The number of carbonyl (C=O) groups is 1. The highest BCUT2D eigenvalue weighted by Crippen LogP contribution is 2.20. The van der Waals surface area contributed by atoms with Gasteiger partial charge in [0, 0.05) is 20.9 Å². The minimum atomic E-state index is -1.16. The van der Waals surface area contributed by atoms with E-state index in [1.54, 1.807) is 6.92 Å². The van der Waals surface area contributed by atoms with Gasteiger partial charge in [-0.05, 0) is 31.4 Å². The molecule has 0 spiro atoms. The molecule has 98 valence electrons. The van der Waals surface area contributed by atoms with Crippen LogP contribution in [-0.4, -0.2) is 25.1 Å². The van der Waals surface area contributed by atoms with Crippen molar-refractivity contribution in [2.75, 3.05) is 0 Å². The van der Waals surface area contributed by atoms with E-state index in [1.807, 2.05) is 0 Å². The Kier molecular flexibility index (Phi) is 7.36. The van der Waals surface area contributed by atoms with Crippen molar-refractivity contribution in [2.24, 2.45) is 0 Å². The number of aliphatic hydroxyl groups excluding tert-OH is 1. The molecule has 0 aliphatic carbocycles. The van der Waals surface area contributed by atoms with Crippen LogP contribution in [0, 0.1) is 0 Å². The van der Waals surface area contributed by atoms with Gasteiger partial charge in [0.25, 0.3) is 0 Å². The van der Waals surface area contributed by atoms with E-state index in [1.165, 1.54) is 0 Å². The molecule has 1 N–H and O–H groups in total. The summed E-state index contributed by atoms with van der Waals surface area (Å²) >= 11 is 0. The molecule has 0 fully saturated rings. The van der Waals surface area contributed by atoms with Crippen LogP contribution in [0.3, 0.4) is 0 Å². The van der Waals surface area contributed by atoms with Gasteiger partial charge in [-0.2, -0.15) is 0 Å². The van der Waals surface area contributed by atoms with Crippen LogP contribution >= 0.6 is 0 Å². The summed E-state index contributed by atoms with van der Waals surface area (Å²) in [5.41, 5.74) is 4.10. The molecule has 0 saturated heterocycles. The summed E-state index contributed by atoms with van der Waals surface area (Å²) in [5, 5.41) is 9.88. The van der Waals surface area contributed by atoms with Crippen LogP contribution in [-0.2, 0) is 4.79 Å². The molecule has 0 aromatic heterocycles.